The lowest BCUT2D eigenvalue weighted by Crippen LogP contribution is -2.37. The second-order valence-electron chi connectivity index (χ2n) is 5.59. The number of amides is 1. The topological polar surface area (TPSA) is 46.6 Å². The number of anilines is 1. The number of rotatable bonds is 4. The van der Waals surface area contributed by atoms with E-state index in [0.29, 0.717) is 42.8 Å². The number of benzene rings is 2. The minimum Gasteiger partial charge on any atom is -0.497 e. The third-order valence-corrected chi connectivity index (χ3v) is 4.13. The van der Waals surface area contributed by atoms with E-state index >= 15 is 0 Å². The van der Waals surface area contributed by atoms with Crippen molar-refractivity contribution in [3.8, 4) is 5.75 Å². The molecule has 23 heavy (non-hydrogen) atoms. The molecule has 4 nitrogen and oxygen atoms in total. The maximum absolute atomic E-state index is 12.6. The molecule has 2 aromatic carbocycles. The van der Waals surface area contributed by atoms with Gasteiger partial charge in [-0.15, -0.1) is 0 Å². The number of carbonyl (C=O) groups excluding carboxylic acids is 2. The van der Waals surface area contributed by atoms with Gasteiger partial charge in [0.2, 0.25) is 5.91 Å². The van der Waals surface area contributed by atoms with Crippen molar-refractivity contribution >= 4 is 17.4 Å². The Morgan fingerprint density at radius 3 is 2.70 bits per heavy atom. The summed E-state index contributed by atoms with van der Waals surface area (Å²) in [5, 5.41) is 0. The third kappa shape index (κ3) is 3.26. The van der Waals surface area contributed by atoms with Crippen molar-refractivity contribution in [2.75, 3.05) is 18.6 Å². The lowest BCUT2D eigenvalue weighted by molar-refractivity contribution is -0.118. The quantitative estimate of drug-likeness (QED) is 0.871. The molecule has 0 N–H and O–H groups in total. The number of carbonyl (C=O) groups is 2. The van der Waals surface area contributed by atoms with Gasteiger partial charge in [0.15, 0.2) is 5.78 Å². The monoisotopic (exact) mass is 309 g/mol. The fourth-order valence-corrected chi connectivity index (χ4v) is 2.86. The van der Waals surface area contributed by atoms with Gasteiger partial charge in [-0.1, -0.05) is 30.3 Å². The molecular weight excluding hydrogens is 290 g/mol. The van der Waals surface area contributed by atoms with E-state index in [0.717, 1.165) is 5.56 Å². The van der Waals surface area contributed by atoms with Gasteiger partial charge in [0, 0.05) is 31.0 Å². The van der Waals surface area contributed by atoms with Crippen molar-refractivity contribution in [3.63, 3.8) is 0 Å². The van der Waals surface area contributed by atoms with Crippen LogP contribution in [-0.4, -0.2) is 25.3 Å². The Balaban J connectivity index is 1.79. The Morgan fingerprint density at radius 1 is 1.17 bits per heavy atom. The van der Waals surface area contributed by atoms with Crippen LogP contribution < -0.4 is 9.64 Å². The molecular formula is C19H19NO3. The maximum atomic E-state index is 12.6. The van der Waals surface area contributed by atoms with Crippen molar-refractivity contribution in [1.82, 2.24) is 0 Å². The summed E-state index contributed by atoms with van der Waals surface area (Å²) in [4.78, 5) is 26.4. The minimum absolute atomic E-state index is 0.0378. The molecule has 4 heteroatoms. The van der Waals surface area contributed by atoms with Crippen LogP contribution in [0.1, 0.15) is 28.8 Å². The summed E-state index contributed by atoms with van der Waals surface area (Å²) < 4.78 is 5.22. The SMILES string of the molecule is COc1ccc2c(c1)N(C(=O)CCc1ccccc1)CCC2=O. The minimum atomic E-state index is 0.0378. The Labute approximate surface area is 135 Å². The molecule has 0 saturated heterocycles. The van der Waals surface area contributed by atoms with Crippen LogP contribution in [-0.2, 0) is 11.2 Å². The molecule has 118 valence electrons. The molecule has 0 bridgehead atoms. The Hall–Kier alpha value is -2.62. The molecule has 0 radical (unpaired) electrons. The summed E-state index contributed by atoms with van der Waals surface area (Å²) in [5.41, 5.74) is 2.41. The van der Waals surface area contributed by atoms with E-state index in [1.54, 1.807) is 30.2 Å². The van der Waals surface area contributed by atoms with Gasteiger partial charge in [0.1, 0.15) is 5.75 Å². The molecule has 0 spiro atoms. The molecule has 1 amide bonds. The Kier molecular flexibility index (Phi) is 4.42. The number of ether oxygens (including phenoxy) is 1. The predicted octanol–water partition coefficient (Wildman–Crippen LogP) is 3.25. The summed E-state index contributed by atoms with van der Waals surface area (Å²) in [5.74, 6) is 0.768. The highest BCUT2D eigenvalue weighted by atomic mass is 16.5. The van der Waals surface area contributed by atoms with Crippen molar-refractivity contribution in [3.05, 3.63) is 59.7 Å². The fraction of sp³-hybridized carbons (Fsp3) is 0.263. The second kappa shape index (κ2) is 6.65. The number of aryl methyl sites for hydroxylation is 1. The van der Waals surface area contributed by atoms with Gasteiger partial charge in [0.05, 0.1) is 12.8 Å². The first-order valence-electron chi connectivity index (χ1n) is 7.74. The standard InChI is InChI=1S/C19H19NO3/c1-23-15-8-9-16-17(13-15)20(12-11-18(16)21)19(22)10-7-14-5-3-2-4-6-14/h2-6,8-9,13H,7,10-12H2,1H3. The van der Waals surface area contributed by atoms with Crippen LogP contribution in [0.4, 0.5) is 5.69 Å². The fourth-order valence-electron chi connectivity index (χ4n) is 2.86. The summed E-state index contributed by atoms with van der Waals surface area (Å²) >= 11 is 0. The summed E-state index contributed by atoms with van der Waals surface area (Å²) in [7, 11) is 1.58. The summed E-state index contributed by atoms with van der Waals surface area (Å²) in [6.07, 6.45) is 1.49. The highest BCUT2D eigenvalue weighted by molar-refractivity contribution is 6.09. The molecule has 1 heterocycles. The van der Waals surface area contributed by atoms with Crippen LogP contribution in [0.3, 0.4) is 0 Å². The average molecular weight is 309 g/mol. The predicted molar refractivity (Wildman–Crippen MR) is 89.1 cm³/mol. The van der Waals surface area contributed by atoms with E-state index in [1.165, 1.54) is 0 Å². The second-order valence-corrected chi connectivity index (χ2v) is 5.59. The van der Waals surface area contributed by atoms with Gasteiger partial charge in [-0.3, -0.25) is 9.59 Å². The van der Waals surface area contributed by atoms with Gasteiger partial charge in [-0.2, -0.15) is 0 Å². The summed E-state index contributed by atoms with van der Waals surface area (Å²) in [6.45, 7) is 0.437. The van der Waals surface area contributed by atoms with Gasteiger partial charge < -0.3 is 9.64 Å². The van der Waals surface area contributed by atoms with Gasteiger partial charge in [-0.05, 0) is 24.1 Å². The molecule has 3 rings (SSSR count). The number of hydrogen-bond acceptors (Lipinski definition) is 3. The third-order valence-electron chi connectivity index (χ3n) is 4.13. The van der Waals surface area contributed by atoms with E-state index in [1.807, 2.05) is 30.3 Å². The van der Waals surface area contributed by atoms with Crippen molar-refractivity contribution in [1.29, 1.82) is 0 Å². The Morgan fingerprint density at radius 2 is 1.96 bits per heavy atom. The van der Waals surface area contributed by atoms with Crippen LogP contribution in [0.15, 0.2) is 48.5 Å². The van der Waals surface area contributed by atoms with E-state index in [2.05, 4.69) is 0 Å². The zero-order chi connectivity index (χ0) is 16.2. The summed E-state index contributed by atoms with van der Waals surface area (Å²) in [6, 6.07) is 15.2. The molecule has 0 fully saturated rings. The smallest absolute Gasteiger partial charge is 0.227 e. The molecule has 0 atom stereocenters. The molecule has 1 aliphatic rings. The van der Waals surface area contributed by atoms with E-state index < -0.39 is 0 Å². The molecule has 1 aliphatic heterocycles. The first kappa shape index (κ1) is 15.3. The average Bonchev–Trinajstić information content (AvgIpc) is 2.60. The highest BCUT2D eigenvalue weighted by Gasteiger charge is 2.27. The first-order chi connectivity index (χ1) is 11.2. The number of hydrogen-bond donors (Lipinski definition) is 0. The van der Waals surface area contributed by atoms with E-state index in [4.69, 9.17) is 4.74 Å². The molecule has 0 saturated carbocycles. The maximum Gasteiger partial charge on any atom is 0.227 e. The van der Waals surface area contributed by atoms with Gasteiger partial charge >= 0.3 is 0 Å². The van der Waals surface area contributed by atoms with Crippen LogP contribution in [0.25, 0.3) is 0 Å². The largest absolute Gasteiger partial charge is 0.497 e. The van der Waals surface area contributed by atoms with E-state index in [-0.39, 0.29) is 11.7 Å². The molecule has 0 aromatic heterocycles. The number of ketones is 1. The number of methoxy groups -OCH3 is 1. The highest BCUT2D eigenvalue weighted by Crippen LogP contribution is 2.31. The lowest BCUT2D eigenvalue weighted by atomic mass is 9.99. The number of Topliss-reactive ketones (excluding diaryl/α,β-unsaturated/α-hetero) is 1. The van der Waals surface area contributed by atoms with Crippen LogP contribution in [0.5, 0.6) is 5.75 Å². The zero-order valence-corrected chi connectivity index (χ0v) is 13.1. The van der Waals surface area contributed by atoms with Gasteiger partial charge in [0.25, 0.3) is 0 Å². The lowest BCUT2D eigenvalue weighted by Gasteiger charge is -2.29. The van der Waals surface area contributed by atoms with Crippen LogP contribution in [0, 0.1) is 0 Å². The number of fused-ring (bicyclic) bond motifs is 1. The molecule has 0 aliphatic carbocycles. The van der Waals surface area contributed by atoms with Crippen molar-refractivity contribution in [2.45, 2.75) is 19.3 Å². The Bertz CT molecular complexity index is 725. The van der Waals surface area contributed by atoms with Gasteiger partial charge in [-0.25, -0.2) is 0 Å². The van der Waals surface area contributed by atoms with Crippen molar-refractivity contribution in [2.24, 2.45) is 0 Å². The molecule has 0 unspecified atom stereocenters. The van der Waals surface area contributed by atoms with Crippen molar-refractivity contribution < 1.29 is 14.3 Å². The molecule has 2 aromatic rings. The number of nitrogens with zero attached hydrogens (tertiary/aromatic N) is 1. The van der Waals surface area contributed by atoms with Crippen LogP contribution in [0.2, 0.25) is 0 Å². The van der Waals surface area contributed by atoms with Crippen LogP contribution >= 0.6 is 0 Å². The normalized spacial score (nSPS) is 13.6. The zero-order valence-electron chi connectivity index (χ0n) is 13.1. The first-order valence-corrected chi connectivity index (χ1v) is 7.74. The van der Waals surface area contributed by atoms with E-state index in [9.17, 15) is 9.59 Å².